The van der Waals surface area contributed by atoms with E-state index in [0.29, 0.717) is 29.4 Å². The summed E-state index contributed by atoms with van der Waals surface area (Å²) in [5.41, 5.74) is 1.52. The summed E-state index contributed by atoms with van der Waals surface area (Å²) in [7, 11) is 1.59. The van der Waals surface area contributed by atoms with Crippen molar-refractivity contribution in [2.75, 3.05) is 13.7 Å². The minimum Gasteiger partial charge on any atom is -0.493 e. The van der Waals surface area contributed by atoms with Gasteiger partial charge in [0.2, 0.25) is 5.78 Å². The van der Waals surface area contributed by atoms with Gasteiger partial charge in [-0.25, -0.2) is 0 Å². The molecule has 3 aromatic rings. The lowest BCUT2D eigenvalue weighted by Gasteiger charge is -2.12. The molecule has 0 saturated carbocycles. The number of hydrogen-bond acceptors (Lipinski definition) is 4. The highest BCUT2D eigenvalue weighted by Crippen LogP contribution is 2.37. The van der Waals surface area contributed by atoms with Gasteiger partial charge in [0.25, 0.3) is 0 Å². The van der Waals surface area contributed by atoms with Crippen molar-refractivity contribution in [1.29, 1.82) is 0 Å². The number of ether oxygens (including phenoxy) is 2. The second kappa shape index (κ2) is 8.23. The first-order chi connectivity index (χ1) is 12.6. The number of carbonyl (C=O) groups excluding carboxylic acids is 1. The van der Waals surface area contributed by atoms with Gasteiger partial charge < -0.3 is 13.9 Å². The molecule has 0 amide bonds. The van der Waals surface area contributed by atoms with Crippen molar-refractivity contribution in [3.05, 3.63) is 64.3 Å². The van der Waals surface area contributed by atoms with Crippen LogP contribution in [0.1, 0.15) is 29.5 Å². The maximum atomic E-state index is 12.4. The van der Waals surface area contributed by atoms with Crippen LogP contribution in [0, 0.1) is 0 Å². The fourth-order valence-corrected chi connectivity index (χ4v) is 3.11. The summed E-state index contributed by atoms with van der Waals surface area (Å²) < 4.78 is 17.5. The van der Waals surface area contributed by atoms with E-state index in [9.17, 15) is 4.79 Å². The molecule has 1 aromatic heterocycles. The molecule has 0 fully saturated rings. The minimum absolute atomic E-state index is 0.192. The lowest BCUT2D eigenvalue weighted by Crippen LogP contribution is -1.99. The number of carbonyl (C=O) groups is 1. The van der Waals surface area contributed by atoms with Gasteiger partial charge in [0.15, 0.2) is 17.3 Å². The van der Waals surface area contributed by atoms with Crippen LogP contribution < -0.4 is 9.47 Å². The second-order valence-corrected chi connectivity index (χ2v) is 6.58. The van der Waals surface area contributed by atoms with E-state index in [-0.39, 0.29) is 5.78 Å². The summed E-state index contributed by atoms with van der Waals surface area (Å²) in [6, 6.07) is 13.0. The number of halogens is 1. The highest BCUT2D eigenvalue weighted by atomic mass is 79.9. The largest absolute Gasteiger partial charge is 0.493 e. The van der Waals surface area contributed by atoms with Crippen molar-refractivity contribution in [1.82, 2.24) is 0 Å². The van der Waals surface area contributed by atoms with Crippen LogP contribution in [0.2, 0.25) is 0 Å². The third-order valence-electron chi connectivity index (χ3n) is 3.80. The Kier molecular flexibility index (Phi) is 5.78. The van der Waals surface area contributed by atoms with Gasteiger partial charge in [-0.1, -0.05) is 31.2 Å². The first kappa shape index (κ1) is 18.3. The lowest BCUT2D eigenvalue weighted by molar-refractivity contribution is 0.102. The summed E-state index contributed by atoms with van der Waals surface area (Å²) in [6.45, 7) is 2.65. The third-order valence-corrected chi connectivity index (χ3v) is 4.39. The molecule has 1 heterocycles. The van der Waals surface area contributed by atoms with Gasteiger partial charge in [0.05, 0.1) is 18.2 Å². The van der Waals surface area contributed by atoms with Gasteiger partial charge in [-0.2, -0.15) is 0 Å². The zero-order valence-corrected chi connectivity index (χ0v) is 16.2. The number of rotatable bonds is 7. The summed E-state index contributed by atoms with van der Waals surface area (Å²) in [6.07, 6.45) is 4.13. The predicted molar refractivity (Wildman–Crippen MR) is 106 cm³/mol. The molecule has 0 unspecified atom stereocenters. The molecule has 5 heteroatoms. The van der Waals surface area contributed by atoms with Crippen LogP contribution in [0.15, 0.2) is 57.4 Å². The Morgan fingerprint density at radius 1 is 1.23 bits per heavy atom. The van der Waals surface area contributed by atoms with Gasteiger partial charge in [-0.15, -0.1) is 0 Å². The molecule has 4 nitrogen and oxygen atoms in total. The molecule has 0 saturated heterocycles. The van der Waals surface area contributed by atoms with E-state index in [1.165, 1.54) is 6.08 Å². The monoisotopic (exact) mass is 414 g/mol. The Morgan fingerprint density at radius 3 is 2.77 bits per heavy atom. The number of furan rings is 1. The molecule has 0 radical (unpaired) electrons. The molecule has 0 spiro atoms. The average molecular weight is 415 g/mol. The topological polar surface area (TPSA) is 48.7 Å². The maximum Gasteiger partial charge on any atom is 0.221 e. The van der Waals surface area contributed by atoms with Crippen molar-refractivity contribution in [3.63, 3.8) is 0 Å². The number of benzene rings is 2. The normalized spacial score (nSPS) is 11.2. The smallest absolute Gasteiger partial charge is 0.221 e. The predicted octanol–water partition coefficient (Wildman–Crippen LogP) is 5.89. The van der Waals surface area contributed by atoms with Crippen LogP contribution in [0.25, 0.3) is 17.0 Å². The van der Waals surface area contributed by atoms with Crippen molar-refractivity contribution in [2.45, 2.75) is 13.3 Å². The van der Waals surface area contributed by atoms with Crippen molar-refractivity contribution in [2.24, 2.45) is 0 Å². The second-order valence-electron chi connectivity index (χ2n) is 5.73. The van der Waals surface area contributed by atoms with Gasteiger partial charge in [-0.3, -0.25) is 4.79 Å². The number of methoxy groups -OCH3 is 1. The number of hydrogen-bond donors (Lipinski definition) is 0. The van der Waals surface area contributed by atoms with Gasteiger partial charge >= 0.3 is 0 Å². The van der Waals surface area contributed by atoms with E-state index in [4.69, 9.17) is 13.9 Å². The van der Waals surface area contributed by atoms with Crippen LogP contribution in [0.4, 0.5) is 0 Å². The van der Waals surface area contributed by atoms with Crippen LogP contribution in [0.3, 0.4) is 0 Å². The first-order valence-corrected chi connectivity index (χ1v) is 9.13. The molecular weight excluding hydrogens is 396 g/mol. The number of para-hydroxylation sites is 1. The molecule has 0 atom stereocenters. The van der Waals surface area contributed by atoms with E-state index in [2.05, 4.69) is 15.9 Å². The SMILES string of the molecule is CCCOc1c(Br)cc(/C=C/C(=O)c2cc3ccccc3o2)cc1OC. The Morgan fingerprint density at radius 2 is 2.04 bits per heavy atom. The zero-order chi connectivity index (χ0) is 18.5. The number of allylic oxidation sites excluding steroid dienone is 1. The summed E-state index contributed by atoms with van der Waals surface area (Å²) in [5.74, 6) is 1.40. The van der Waals surface area contributed by atoms with Crippen LogP contribution in [-0.2, 0) is 0 Å². The number of fused-ring (bicyclic) bond motifs is 1. The molecule has 0 bridgehead atoms. The fraction of sp³-hybridized carbons (Fsp3) is 0.190. The summed E-state index contributed by atoms with van der Waals surface area (Å²) in [5, 5.41) is 0.908. The van der Waals surface area contributed by atoms with Crippen LogP contribution in [0.5, 0.6) is 11.5 Å². The average Bonchev–Trinajstić information content (AvgIpc) is 3.09. The van der Waals surface area contributed by atoms with Crippen LogP contribution in [-0.4, -0.2) is 19.5 Å². The molecule has 0 aliphatic carbocycles. The Balaban J connectivity index is 1.83. The Labute approximate surface area is 160 Å². The van der Waals surface area contributed by atoms with Crippen molar-refractivity contribution < 1.29 is 18.7 Å². The first-order valence-electron chi connectivity index (χ1n) is 8.33. The van der Waals surface area contributed by atoms with E-state index >= 15 is 0 Å². The van der Waals surface area contributed by atoms with Crippen molar-refractivity contribution >= 4 is 38.8 Å². The minimum atomic E-state index is -0.192. The molecule has 26 heavy (non-hydrogen) atoms. The molecule has 0 N–H and O–H groups in total. The van der Waals surface area contributed by atoms with E-state index in [1.807, 2.05) is 43.3 Å². The quantitative estimate of drug-likeness (QED) is 0.357. The third kappa shape index (κ3) is 3.99. The van der Waals surface area contributed by atoms with Gasteiger partial charge in [-0.05, 0) is 58.3 Å². The molecule has 2 aromatic carbocycles. The van der Waals surface area contributed by atoms with Gasteiger partial charge in [0, 0.05) is 5.39 Å². The maximum absolute atomic E-state index is 12.4. The van der Waals surface area contributed by atoms with E-state index < -0.39 is 0 Å². The van der Waals surface area contributed by atoms with Crippen LogP contribution >= 0.6 is 15.9 Å². The molecular formula is C21H19BrO4. The Hall–Kier alpha value is -2.53. The molecule has 3 rings (SSSR count). The van der Waals surface area contributed by atoms with Crippen molar-refractivity contribution in [3.8, 4) is 11.5 Å². The summed E-state index contributed by atoms with van der Waals surface area (Å²) in [4.78, 5) is 12.4. The molecule has 0 aliphatic rings. The zero-order valence-electron chi connectivity index (χ0n) is 14.6. The standard InChI is InChI=1S/C21H19BrO4/c1-3-10-25-21-16(22)11-14(12-20(21)24-2)8-9-17(23)19-13-15-6-4-5-7-18(15)26-19/h4-9,11-13H,3,10H2,1-2H3/b9-8+. The van der Waals surface area contributed by atoms with E-state index in [1.54, 1.807) is 19.3 Å². The highest BCUT2D eigenvalue weighted by Gasteiger charge is 2.12. The Bertz CT molecular complexity index is 923. The fourth-order valence-electron chi connectivity index (χ4n) is 2.54. The van der Waals surface area contributed by atoms with E-state index in [0.717, 1.165) is 21.8 Å². The molecule has 0 aliphatic heterocycles. The molecule has 134 valence electrons. The number of ketones is 1. The lowest BCUT2D eigenvalue weighted by atomic mass is 10.1. The summed E-state index contributed by atoms with van der Waals surface area (Å²) >= 11 is 3.50. The van der Waals surface area contributed by atoms with Gasteiger partial charge in [0.1, 0.15) is 5.58 Å². The highest BCUT2D eigenvalue weighted by molar-refractivity contribution is 9.10.